The monoisotopic (exact) mass is 464 g/mol. The van der Waals surface area contributed by atoms with Crippen LogP contribution >= 0.6 is 0 Å². The highest BCUT2D eigenvalue weighted by Crippen LogP contribution is 2.43. The Morgan fingerprint density at radius 3 is 2.21 bits per heavy atom. The van der Waals surface area contributed by atoms with Crippen LogP contribution in [0.2, 0.25) is 0 Å². The zero-order chi connectivity index (χ0) is 24.0. The third-order valence-corrected chi connectivity index (χ3v) is 5.28. The van der Waals surface area contributed by atoms with Crippen molar-refractivity contribution < 1.29 is 54.7 Å². The van der Waals surface area contributed by atoms with Crippen LogP contribution in [0, 0.1) is 0 Å². The molecule has 0 amide bonds. The number of rotatable bonds is 4. The minimum Gasteiger partial charge on any atom is -0.508 e. The summed E-state index contributed by atoms with van der Waals surface area (Å²) in [5, 5.41) is 78.5. The average molecular weight is 464 g/mol. The van der Waals surface area contributed by atoms with E-state index in [-0.39, 0.29) is 22.7 Å². The van der Waals surface area contributed by atoms with Gasteiger partial charge >= 0.3 is 0 Å². The summed E-state index contributed by atoms with van der Waals surface area (Å²) in [4.78, 5) is 13.3. The average Bonchev–Trinajstić information content (AvgIpc) is 2.79. The van der Waals surface area contributed by atoms with Crippen molar-refractivity contribution in [2.45, 2.75) is 30.7 Å². The van der Waals surface area contributed by atoms with Gasteiger partial charge in [0.05, 0.1) is 6.61 Å². The van der Waals surface area contributed by atoms with Crippen molar-refractivity contribution in [3.05, 3.63) is 40.6 Å². The molecule has 0 saturated carbocycles. The van der Waals surface area contributed by atoms with Gasteiger partial charge in [-0.05, 0) is 24.3 Å². The van der Waals surface area contributed by atoms with Crippen molar-refractivity contribution >= 4 is 11.0 Å². The lowest BCUT2D eigenvalue weighted by Crippen LogP contribution is -2.60. The first-order valence-electron chi connectivity index (χ1n) is 9.65. The molecule has 1 unspecified atom stereocenters. The molecule has 0 bridgehead atoms. The molecule has 8 N–H and O–H groups in total. The highest BCUT2D eigenvalue weighted by Gasteiger charge is 2.45. The number of hydrogen-bond donors (Lipinski definition) is 8. The van der Waals surface area contributed by atoms with Crippen molar-refractivity contribution in [2.24, 2.45) is 0 Å². The lowest BCUT2D eigenvalue weighted by atomic mass is 9.99. The summed E-state index contributed by atoms with van der Waals surface area (Å²) in [6.07, 6.45) is -8.40. The third-order valence-electron chi connectivity index (χ3n) is 5.28. The molecule has 2 heterocycles. The van der Waals surface area contributed by atoms with Crippen molar-refractivity contribution in [3.8, 4) is 40.1 Å². The largest absolute Gasteiger partial charge is 0.508 e. The molecular weight excluding hydrogens is 444 g/mol. The Hall–Kier alpha value is -3.55. The predicted molar refractivity (Wildman–Crippen MR) is 109 cm³/mol. The Morgan fingerprint density at radius 2 is 1.58 bits per heavy atom. The van der Waals surface area contributed by atoms with E-state index in [1.165, 1.54) is 24.3 Å². The van der Waals surface area contributed by atoms with E-state index >= 15 is 0 Å². The van der Waals surface area contributed by atoms with Gasteiger partial charge in [-0.25, -0.2) is 0 Å². The quantitative estimate of drug-likeness (QED) is 0.229. The minimum atomic E-state index is -1.85. The van der Waals surface area contributed by atoms with Gasteiger partial charge in [-0.1, -0.05) is 0 Å². The topological polar surface area (TPSA) is 211 Å². The normalized spacial score (nSPS) is 25.3. The fourth-order valence-corrected chi connectivity index (χ4v) is 3.48. The molecule has 176 valence electrons. The maximum atomic E-state index is 13.3. The molecule has 3 aromatic rings. The Labute approximate surface area is 184 Å². The van der Waals surface area contributed by atoms with Gasteiger partial charge < -0.3 is 54.7 Å². The van der Waals surface area contributed by atoms with E-state index < -0.39 is 71.1 Å². The summed E-state index contributed by atoms with van der Waals surface area (Å²) in [5.41, 5.74) is -1.17. The summed E-state index contributed by atoms with van der Waals surface area (Å²) in [7, 11) is 0. The molecule has 33 heavy (non-hydrogen) atoms. The minimum absolute atomic E-state index is 0.0986. The Bertz CT molecular complexity index is 1230. The maximum absolute atomic E-state index is 13.3. The number of benzene rings is 2. The van der Waals surface area contributed by atoms with E-state index in [9.17, 15) is 45.6 Å². The standard InChI is InChI=1S/C21H20O12/c22-6-11-14(26)17(29)18(30)21(32-11)33-20-16(28)12-10(5-9(24)13(25)15(12)27)31-19(20)7-1-3-8(23)4-2-7/h1-5,11,14,17-18,21-27,29-30H,6H2/t11-,14-,17+,18-,21?/m1/s1. The number of ether oxygens (including phenoxy) is 2. The number of aliphatic hydroxyl groups excluding tert-OH is 4. The number of aliphatic hydroxyl groups is 4. The van der Waals surface area contributed by atoms with Crippen molar-refractivity contribution in [2.75, 3.05) is 6.61 Å². The first-order chi connectivity index (χ1) is 15.6. The van der Waals surface area contributed by atoms with Crippen molar-refractivity contribution in [1.82, 2.24) is 0 Å². The summed E-state index contributed by atoms with van der Waals surface area (Å²) < 4.78 is 16.5. The van der Waals surface area contributed by atoms with E-state index in [1.54, 1.807) is 0 Å². The van der Waals surface area contributed by atoms with E-state index in [2.05, 4.69) is 0 Å². The molecule has 2 aromatic carbocycles. The summed E-state index contributed by atoms with van der Waals surface area (Å²) >= 11 is 0. The molecule has 1 aliphatic heterocycles. The zero-order valence-corrected chi connectivity index (χ0v) is 16.7. The van der Waals surface area contributed by atoms with Gasteiger partial charge in [0.2, 0.25) is 23.2 Å². The first kappa shape index (κ1) is 22.6. The molecular formula is C21H20O12. The van der Waals surface area contributed by atoms with Gasteiger partial charge in [0.25, 0.3) is 0 Å². The van der Waals surface area contributed by atoms with Crippen LogP contribution in [-0.2, 0) is 4.74 Å². The summed E-state index contributed by atoms with van der Waals surface area (Å²) in [6.45, 7) is -0.740. The van der Waals surface area contributed by atoms with Gasteiger partial charge in [0, 0.05) is 11.6 Å². The fraction of sp³-hybridized carbons (Fsp3) is 0.286. The van der Waals surface area contributed by atoms with Crippen LogP contribution in [-0.4, -0.2) is 78.2 Å². The van der Waals surface area contributed by atoms with E-state index in [1.807, 2.05) is 0 Å². The van der Waals surface area contributed by atoms with Crippen LogP contribution in [0.4, 0.5) is 0 Å². The summed E-state index contributed by atoms with van der Waals surface area (Å²) in [5.74, 6) is -3.73. The summed E-state index contributed by atoms with van der Waals surface area (Å²) in [6, 6.07) is 6.18. The number of fused-ring (bicyclic) bond motifs is 1. The SMILES string of the molecule is O=c1c(OC2O[C@H](CO)[C@@H](O)[C@H](O)[C@H]2O)c(-c2ccc(O)cc2)oc2cc(O)c(O)c(O)c12. The number of phenols is 4. The second-order valence-corrected chi connectivity index (χ2v) is 7.42. The molecule has 0 radical (unpaired) electrons. The van der Waals surface area contributed by atoms with Gasteiger partial charge in [-0.15, -0.1) is 0 Å². The molecule has 1 saturated heterocycles. The molecule has 1 fully saturated rings. The Balaban J connectivity index is 1.92. The molecule has 0 aliphatic carbocycles. The first-order valence-corrected chi connectivity index (χ1v) is 9.65. The molecule has 1 aliphatic rings. The van der Waals surface area contributed by atoms with Crippen LogP contribution in [0.15, 0.2) is 39.5 Å². The second kappa shape index (κ2) is 8.42. The lowest BCUT2D eigenvalue weighted by molar-refractivity contribution is -0.277. The molecule has 1 aromatic heterocycles. The third kappa shape index (κ3) is 3.79. The second-order valence-electron chi connectivity index (χ2n) is 7.42. The Kier molecular flexibility index (Phi) is 5.78. The van der Waals surface area contributed by atoms with E-state index in [0.29, 0.717) is 0 Å². The van der Waals surface area contributed by atoms with E-state index in [4.69, 9.17) is 13.9 Å². The van der Waals surface area contributed by atoms with Gasteiger partial charge in [-0.3, -0.25) is 4.79 Å². The van der Waals surface area contributed by atoms with Crippen LogP contribution in [0.1, 0.15) is 0 Å². The fourth-order valence-electron chi connectivity index (χ4n) is 3.48. The molecule has 12 nitrogen and oxygen atoms in total. The molecule has 12 heteroatoms. The van der Waals surface area contributed by atoms with Crippen LogP contribution in [0.25, 0.3) is 22.3 Å². The number of aromatic hydroxyl groups is 4. The van der Waals surface area contributed by atoms with Crippen molar-refractivity contribution in [1.29, 1.82) is 0 Å². The zero-order valence-electron chi connectivity index (χ0n) is 16.7. The van der Waals surface area contributed by atoms with Crippen LogP contribution in [0.3, 0.4) is 0 Å². The smallest absolute Gasteiger partial charge is 0.239 e. The Morgan fingerprint density at radius 1 is 0.909 bits per heavy atom. The van der Waals surface area contributed by atoms with E-state index in [0.717, 1.165) is 6.07 Å². The highest BCUT2D eigenvalue weighted by atomic mass is 16.7. The van der Waals surface area contributed by atoms with Crippen molar-refractivity contribution in [3.63, 3.8) is 0 Å². The predicted octanol–water partition coefficient (Wildman–Crippen LogP) is -0.539. The molecule has 0 spiro atoms. The van der Waals surface area contributed by atoms with Crippen LogP contribution in [0.5, 0.6) is 28.7 Å². The number of phenolic OH excluding ortho intramolecular Hbond substituents is 4. The van der Waals surface area contributed by atoms with Crippen LogP contribution < -0.4 is 10.2 Å². The lowest BCUT2D eigenvalue weighted by Gasteiger charge is -2.39. The van der Waals surface area contributed by atoms with Gasteiger partial charge in [0.1, 0.15) is 41.1 Å². The number of hydrogen-bond acceptors (Lipinski definition) is 12. The highest BCUT2D eigenvalue weighted by molar-refractivity contribution is 5.91. The maximum Gasteiger partial charge on any atom is 0.239 e. The molecule has 5 atom stereocenters. The van der Waals surface area contributed by atoms with Gasteiger partial charge in [0.15, 0.2) is 17.3 Å². The molecule has 4 rings (SSSR count). The van der Waals surface area contributed by atoms with Gasteiger partial charge in [-0.2, -0.15) is 0 Å².